The van der Waals surface area contributed by atoms with Gasteiger partial charge in [-0.05, 0) is 56.6 Å². The fourth-order valence-electron chi connectivity index (χ4n) is 4.22. The standard InChI is InChI=1S/C23H31N5O2/c1-17-15-21(27-13-11-26(2)12-14-27)25-20-6-5-18(16-19(17)20)24-22(29)7-8-23(30)28-9-3-4-10-28/h5-6,15-16H,3-4,7-14H2,1-2H3,(H,24,29). The molecule has 2 aromatic rings. The molecule has 1 aromatic carbocycles. The summed E-state index contributed by atoms with van der Waals surface area (Å²) in [5.41, 5.74) is 2.83. The molecule has 0 spiro atoms. The van der Waals surface area contributed by atoms with Gasteiger partial charge in [-0.2, -0.15) is 0 Å². The molecule has 2 saturated heterocycles. The molecule has 0 bridgehead atoms. The zero-order chi connectivity index (χ0) is 21.1. The van der Waals surface area contributed by atoms with E-state index >= 15 is 0 Å². The third-order valence-corrected chi connectivity index (χ3v) is 6.14. The van der Waals surface area contributed by atoms with Gasteiger partial charge in [0.05, 0.1) is 5.52 Å². The van der Waals surface area contributed by atoms with E-state index in [2.05, 4.69) is 35.2 Å². The van der Waals surface area contributed by atoms with Crippen molar-refractivity contribution in [2.45, 2.75) is 32.6 Å². The first kappa shape index (κ1) is 20.6. The van der Waals surface area contributed by atoms with Crippen LogP contribution in [0.2, 0.25) is 0 Å². The number of rotatable bonds is 5. The second-order valence-corrected chi connectivity index (χ2v) is 8.46. The Kier molecular flexibility index (Phi) is 6.18. The van der Waals surface area contributed by atoms with Gasteiger partial charge in [0.25, 0.3) is 0 Å². The number of piperazine rings is 1. The predicted molar refractivity (Wildman–Crippen MR) is 120 cm³/mol. The molecule has 7 heteroatoms. The SMILES string of the molecule is Cc1cc(N2CCN(C)CC2)nc2ccc(NC(=O)CCC(=O)N3CCCC3)cc12. The largest absolute Gasteiger partial charge is 0.354 e. The number of carbonyl (C=O) groups excluding carboxylic acids is 2. The van der Waals surface area contributed by atoms with Gasteiger partial charge in [-0.3, -0.25) is 9.59 Å². The van der Waals surface area contributed by atoms with E-state index in [0.29, 0.717) is 0 Å². The summed E-state index contributed by atoms with van der Waals surface area (Å²) < 4.78 is 0. The normalized spacial score (nSPS) is 17.5. The smallest absolute Gasteiger partial charge is 0.224 e. The highest BCUT2D eigenvalue weighted by Crippen LogP contribution is 2.26. The average molecular weight is 410 g/mol. The van der Waals surface area contributed by atoms with Crippen LogP contribution in [0.25, 0.3) is 10.9 Å². The Morgan fingerprint density at radius 2 is 1.73 bits per heavy atom. The van der Waals surface area contributed by atoms with Crippen LogP contribution in [-0.4, -0.2) is 72.9 Å². The summed E-state index contributed by atoms with van der Waals surface area (Å²) >= 11 is 0. The monoisotopic (exact) mass is 409 g/mol. The van der Waals surface area contributed by atoms with Gasteiger partial charge in [0, 0.05) is 63.2 Å². The molecule has 2 amide bonds. The molecule has 0 saturated carbocycles. The summed E-state index contributed by atoms with van der Waals surface area (Å²) in [6.45, 7) is 7.80. The summed E-state index contributed by atoms with van der Waals surface area (Å²) in [5.74, 6) is 0.976. The molecule has 0 aliphatic carbocycles. The van der Waals surface area contributed by atoms with Gasteiger partial charge in [-0.15, -0.1) is 0 Å². The quantitative estimate of drug-likeness (QED) is 0.822. The fourth-order valence-corrected chi connectivity index (χ4v) is 4.22. The summed E-state index contributed by atoms with van der Waals surface area (Å²) in [6.07, 6.45) is 2.62. The molecule has 2 fully saturated rings. The summed E-state index contributed by atoms with van der Waals surface area (Å²) in [6, 6.07) is 7.97. The number of likely N-dealkylation sites (N-methyl/N-ethyl adjacent to an activating group) is 1. The van der Waals surface area contributed by atoms with E-state index < -0.39 is 0 Å². The average Bonchev–Trinajstić information content (AvgIpc) is 3.28. The van der Waals surface area contributed by atoms with Crippen LogP contribution in [0, 0.1) is 6.92 Å². The molecule has 1 aromatic heterocycles. The van der Waals surface area contributed by atoms with Gasteiger partial charge in [0.1, 0.15) is 5.82 Å². The maximum atomic E-state index is 12.3. The number of likely N-dealkylation sites (tertiary alicyclic amines) is 1. The van der Waals surface area contributed by atoms with E-state index in [1.165, 1.54) is 0 Å². The first-order chi connectivity index (χ1) is 14.5. The fraction of sp³-hybridized carbons (Fsp3) is 0.522. The summed E-state index contributed by atoms with van der Waals surface area (Å²) in [4.78, 5) is 35.8. The number of nitrogens with one attached hydrogen (secondary N) is 1. The molecule has 160 valence electrons. The summed E-state index contributed by atoms with van der Waals surface area (Å²) in [7, 11) is 2.15. The zero-order valence-corrected chi connectivity index (χ0v) is 18.0. The van der Waals surface area contributed by atoms with E-state index in [-0.39, 0.29) is 24.7 Å². The second-order valence-electron chi connectivity index (χ2n) is 8.46. The Bertz CT molecular complexity index is 931. The Morgan fingerprint density at radius 1 is 1.00 bits per heavy atom. The molecule has 1 N–H and O–H groups in total. The Balaban J connectivity index is 1.40. The van der Waals surface area contributed by atoms with Crippen LogP contribution in [0.15, 0.2) is 24.3 Å². The molecule has 2 aliphatic heterocycles. The number of pyridine rings is 1. The van der Waals surface area contributed by atoms with Crippen molar-refractivity contribution in [2.75, 3.05) is 56.5 Å². The molecular weight excluding hydrogens is 378 g/mol. The molecule has 0 radical (unpaired) electrons. The maximum Gasteiger partial charge on any atom is 0.224 e. The van der Waals surface area contributed by atoms with Crippen LogP contribution in [0.1, 0.15) is 31.2 Å². The van der Waals surface area contributed by atoms with Crippen molar-refractivity contribution >= 4 is 34.2 Å². The molecule has 30 heavy (non-hydrogen) atoms. The highest BCUT2D eigenvalue weighted by Gasteiger charge is 2.19. The number of fused-ring (bicyclic) bond motifs is 1. The number of benzene rings is 1. The predicted octanol–water partition coefficient (Wildman–Crippen LogP) is 2.64. The molecule has 0 unspecified atom stereocenters. The highest BCUT2D eigenvalue weighted by atomic mass is 16.2. The maximum absolute atomic E-state index is 12.3. The number of hydrogen-bond acceptors (Lipinski definition) is 5. The van der Waals surface area contributed by atoms with Crippen molar-refractivity contribution in [2.24, 2.45) is 0 Å². The lowest BCUT2D eigenvalue weighted by Gasteiger charge is -2.33. The van der Waals surface area contributed by atoms with Crippen molar-refractivity contribution in [3.8, 4) is 0 Å². The number of aromatic nitrogens is 1. The summed E-state index contributed by atoms with van der Waals surface area (Å²) in [5, 5.41) is 3.98. The molecule has 0 atom stereocenters. The lowest BCUT2D eigenvalue weighted by atomic mass is 10.1. The first-order valence-corrected chi connectivity index (χ1v) is 10.9. The van der Waals surface area contributed by atoms with E-state index in [9.17, 15) is 9.59 Å². The van der Waals surface area contributed by atoms with Crippen LogP contribution in [-0.2, 0) is 9.59 Å². The van der Waals surface area contributed by atoms with E-state index in [1.54, 1.807) is 0 Å². The van der Waals surface area contributed by atoms with Gasteiger partial charge in [0.2, 0.25) is 11.8 Å². The Labute approximate surface area is 178 Å². The minimum Gasteiger partial charge on any atom is -0.354 e. The number of aryl methyl sites for hydroxylation is 1. The van der Waals surface area contributed by atoms with Gasteiger partial charge in [-0.25, -0.2) is 4.98 Å². The third kappa shape index (κ3) is 4.73. The van der Waals surface area contributed by atoms with Crippen molar-refractivity contribution in [1.82, 2.24) is 14.8 Å². The number of amides is 2. The van der Waals surface area contributed by atoms with Crippen LogP contribution in [0.4, 0.5) is 11.5 Å². The van der Waals surface area contributed by atoms with Gasteiger partial charge >= 0.3 is 0 Å². The molecule has 4 rings (SSSR count). The molecule has 7 nitrogen and oxygen atoms in total. The molecule has 2 aliphatic rings. The second kappa shape index (κ2) is 9.00. The van der Waals surface area contributed by atoms with Crippen LogP contribution < -0.4 is 10.2 Å². The van der Waals surface area contributed by atoms with Gasteiger partial charge < -0.3 is 20.0 Å². The van der Waals surface area contributed by atoms with Gasteiger partial charge in [-0.1, -0.05) is 0 Å². The van der Waals surface area contributed by atoms with Crippen molar-refractivity contribution in [3.63, 3.8) is 0 Å². The van der Waals surface area contributed by atoms with Crippen LogP contribution in [0.5, 0.6) is 0 Å². The molecule has 3 heterocycles. The van der Waals surface area contributed by atoms with E-state index in [0.717, 1.165) is 80.1 Å². The number of hydrogen-bond donors (Lipinski definition) is 1. The van der Waals surface area contributed by atoms with Crippen LogP contribution >= 0.6 is 0 Å². The minimum atomic E-state index is -0.124. The van der Waals surface area contributed by atoms with E-state index in [4.69, 9.17) is 4.98 Å². The number of nitrogens with zero attached hydrogens (tertiary/aromatic N) is 4. The number of carbonyl (C=O) groups is 2. The highest BCUT2D eigenvalue weighted by molar-refractivity contribution is 5.96. The zero-order valence-electron chi connectivity index (χ0n) is 18.0. The lowest BCUT2D eigenvalue weighted by Crippen LogP contribution is -2.44. The number of anilines is 2. The van der Waals surface area contributed by atoms with Crippen molar-refractivity contribution in [1.29, 1.82) is 0 Å². The van der Waals surface area contributed by atoms with E-state index in [1.807, 2.05) is 23.1 Å². The third-order valence-electron chi connectivity index (χ3n) is 6.14. The Hall–Kier alpha value is -2.67. The Morgan fingerprint density at radius 3 is 2.47 bits per heavy atom. The van der Waals surface area contributed by atoms with Crippen molar-refractivity contribution in [3.05, 3.63) is 29.8 Å². The molecular formula is C23H31N5O2. The van der Waals surface area contributed by atoms with Crippen molar-refractivity contribution < 1.29 is 9.59 Å². The minimum absolute atomic E-state index is 0.0811. The van der Waals surface area contributed by atoms with Crippen LogP contribution in [0.3, 0.4) is 0 Å². The topological polar surface area (TPSA) is 68.8 Å². The lowest BCUT2D eigenvalue weighted by molar-refractivity contribution is -0.131. The first-order valence-electron chi connectivity index (χ1n) is 10.9. The van der Waals surface area contributed by atoms with Gasteiger partial charge in [0.15, 0.2) is 0 Å².